The molecule has 0 atom stereocenters. The van der Waals surface area contributed by atoms with Gasteiger partial charge in [-0.2, -0.15) is 0 Å². The maximum Gasteiger partial charge on any atom is 0.285 e. The highest BCUT2D eigenvalue weighted by Gasteiger charge is 2.20. The molecule has 13 nitrogen and oxygen atoms in total. The normalized spacial score (nSPS) is 10.1. The molecule has 0 aliphatic heterocycles. The number of carbonyl (C=O) groups excluding carboxylic acids is 2. The van der Waals surface area contributed by atoms with Crippen molar-refractivity contribution in [1.29, 1.82) is 0 Å². The fourth-order valence-electron chi connectivity index (χ4n) is 4.24. The van der Waals surface area contributed by atoms with E-state index in [0.717, 1.165) is 11.1 Å². The van der Waals surface area contributed by atoms with E-state index < -0.39 is 11.8 Å². The number of imidazole rings is 2. The lowest BCUT2D eigenvalue weighted by atomic mass is 10.1. The van der Waals surface area contributed by atoms with Crippen LogP contribution in [0.1, 0.15) is 55.1 Å². The van der Waals surface area contributed by atoms with Crippen LogP contribution in [0.5, 0.6) is 11.8 Å². The van der Waals surface area contributed by atoms with Crippen molar-refractivity contribution in [2.45, 2.75) is 20.8 Å². The molecule has 5 rings (SSSR count). The van der Waals surface area contributed by atoms with Crippen LogP contribution in [0.4, 0.5) is 0 Å². The van der Waals surface area contributed by atoms with Gasteiger partial charge in [-0.1, -0.05) is 17.5 Å². The molecule has 14 heteroatoms. The zero-order chi connectivity index (χ0) is 33.5. The average molecular weight is 638 g/mol. The number of pyridine rings is 3. The molecule has 2 amide bonds. The van der Waals surface area contributed by atoms with Crippen LogP contribution >= 0.6 is 11.6 Å². The number of nitrogens with zero attached hydrogens (tertiary/aromatic N) is 7. The molecule has 0 radical (unpaired) electrons. The zero-order valence-corrected chi connectivity index (χ0v) is 26.2. The number of amides is 2. The Kier molecular flexibility index (Phi) is 10.0. The maximum atomic E-state index is 11.9. The summed E-state index contributed by atoms with van der Waals surface area (Å²) in [5.41, 5.74) is 15.7. The first kappa shape index (κ1) is 32.7. The first-order chi connectivity index (χ1) is 22.0. The number of methoxy groups -OCH3 is 2. The maximum absolute atomic E-state index is 11.9. The Hall–Kier alpha value is -6.18. The Morgan fingerprint density at radius 3 is 1.72 bits per heavy atom. The average Bonchev–Trinajstić information content (AvgIpc) is 3.58. The van der Waals surface area contributed by atoms with Crippen LogP contribution < -0.4 is 20.9 Å². The Balaban J connectivity index is 0.000000222. The van der Waals surface area contributed by atoms with Gasteiger partial charge in [0.15, 0.2) is 0 Å². The van der Waals surface area contributed by atoms with E-state index in [1.807, 2.05) is 6.92 Å². The highest BCUT2D eigenvalue weighted by Crippen LogP contribution is 2.21. The van der Waals surface area contributed by atoms with E-state index in [9.17, 15) is 9.59 Å². The molecule has 5 heterocycles. The monoisotopic (exact) mass is 637 g/mol. The summed E-state index contributed by atoms with van der Waals surface area (Å²) in [6, 6.07) is 8.63. The molecule has 0 saturated heterocycles. The molecule has 0 fully saturated rings. The largest absolute Gasteiger partial charge is 0.481 e. The highest BCUT2D eigenvalue weighted by atomic mass is 35.5. The van der Waals surface area contributed by atoms with Crippen molar-refractivity contribution < 1.29 is 19.1 Å². The number of ether oxygens (including phenoxy) is 2. The number of hydrogen-bond donors (Lipinski definition) is 2. The lowest BCUT2D eigenvalue weighted by Crippen LogP contribution is -2.18. The Labute approximate surface area is 269 Å². The summed E-state index contributed by atoms with van der Waals surface area (Å²) in [6.07, 6.45) is 10.1. The van der Waals surface area contributed by atoms with E-state index in [0.29, 0.717) is 51.1 Å². The number of primary amides is 2. The smallest absolute Gasteiger partial charge is 0.285 e. The first-order valence-electron chi connectivity index (χ1n) is 13.4. The van der Waals surface area contributed by atoms with E-state index in [4.69, 9.17) is 39.0 Å². The van der Waals surface area contributed by atoms with Gasteiger partial charge in [0.25, 0.3) is 11.8 Å². The lowest BCUT2D eigenvalue weighted by molar-refractivity contribution is 0.0980. The zero-order valence-electron chi connectivity index (χ0n) is 25.5. The number of halogens is 1. The summed E-state index contributed by atoms with van der Waals surface area (Å²) in [4.78, 5) is 43.9. The Morgan fingerprint density at radius 2 is 1.28 bits per heavy atom. The number of carbonyl (C=O) groups is 2. The fourth-order valence-corrected chi connectivity index (χ4v) is 4.40. The van der Waals surface area contributed by atoms with Crippen LogP contribution in [0.3, 0.4) is 0 Å². The number of hydrogen-bond acceptors (Lipinski definition) is 9. The van der Waals surface area contributed by atoms with Crippen molar-refractivity contribution in [3.05, 3.63) is 99.6 Å². The van der Waals surface area contributed by atoms with Crippen LogP contribution in [-0.2, 0) is 0 Å². The predicted molar refractivity (Wildman–Crippen MR) is 170 cm³/mol. The van der Waals surface area contributed by atoms with Crippen molar-refractivity contribution >= 4 is 23.4 Å². The topological polar surface area (TPSA) is 179 Å². The molecular formula is C32H28ClN9O4. The summed E-state index contributed by atoms with van der Waals surface area (Å²) >= 11 is 6.03. The minimum absolute atomic E-state index is 0.0771. The number of nitrogens with two attached hydrogens (primary N) is 2. The SMILES string of the molecule is C#Cc1nc(C(N)=O)n(-c2ccc(OC)nc2)c1C.COc1ccc(-n2c(C(N)=O)nc(C#Cc3ccnc(Cl)c3C)c2C)cn1. The minimum atomic E-state index is -0.662. The Morgan fingerprint density at radius 1 is 0.783 bits per heavy atom. The number of rotatable bonds is 6. The second kappa shape index (κ2) is 14.1. The second-order valence-corrected chi connectivity index (χ2v) is 9.78. The molecule has 232 valence electrons. The van der Waals surface area contributed by atoms with Gasteiger partial charge in [-0.05, 0) is 50.8 Å². The van der Waals surface area contributed by atoms with Crippen molar-refractivity contribution in [3.8, 4) is 47.3 Å². The summed E-state index contributed by atoms with van der Waals surface area (Å²) in [6.45, 7) is 5.40. The van der Waals surface area contributed by atoms with Gasteiger partial charge in [0.2, 0.25) is 23.4 Å². The van der Waals surface area contributed by atoms with Crippen molar-refractivity contribution in [3.63, 3.8) is 0 Å². The molecule has 5 aromatic heterocycles. The molecule has 4 N–H and O–H groups in total. The van der Waals surface area contributed by atoms with E-state index in [2.05, 4.69) is 42.7 Å². The van der Waals surface area contributed by atoms with E-state index in [-0.39, 0.29) is 11.6 Å². The van der Waals surface area contributed by atoms with Crippen LogP contribution in [-0.4, -0.2) is 60.1 Å². The van der Waals surface area contributed by atoms with Crippen molar-refractivity contribution in [2.75, 3.05) is 14.2 Å². The molecule has 0 bridgehead atoms. The van der Waals surface area contributed by atoms with Gasteiger partial charge >= 0.3 is 0 Å². The Bertz CT molecular complexity index is 2030. The lowest BCUT2D eigenvalue weighted by Gasteiger charge is -2.08. The predicted octanol–water partition coefficient (Wildman–Crippen LogP) is 3.10. The molecule has 46 heavy (non-hydrogen) atoms. The van der Waals surface area contributed by atoms with Gasteiger partial charge in [0.1, 0.15) is 16.5 Å². The minimum Gasteiger partial charge on any atom is -0.481 e. The van der Waals surface area contributed by atoms with Gasteiger partial charge in [-0.3, -0.25) is 18.7 Å². The molecule has 0 unspecified atom stereocenters. The van der Waals surface area contributed by atoms with Crippen LogP contribution in [0, 0.1) is 45.0 Å². The van der Waals surface area contributed by atoms with E-state index in [1.54, 1.807) is 71.9 Å². The van der Waals surface area contributed by atoms with Crippen molar-refractivity contribution in [1.82, 2.24) is 34.1 Å². The summed E-state index contributed by atoms with van der Waals surface area (Å²) < 4.78 is 13.2. The molecule has 0 aromatic carbocycles. The molecule has 0 saturated carbocycles. The van der Waals surface area contributed by atoms with Gasteiger partial charge < -0.3 is 20.9 Å². The highest BCUT2D eigenvalue weighted by molar-refractivity contribution is 6.30. The van der Waals surface area contributed by atoms with Crippen LogP contribution in [0.25, 0.3) is 11.4 Å². The molecule has 5 aromatic rings. The van der Waals surface area contributed by atoms with E-state index >= 15 is 0 Å². The molecule has 0 spiro atoms. The van der Waals surface area contributed by atoms with Gasteiger partial charge in [-0.15, -0.1) is 6.42 Å². The van der Waals surface area contributed by atoms with E-state index in [1.165, 1.54) is 14.2 Å². The first-order valence-corrected chi connectivity index (χ1v) is 13.8. The quantitative estimate of drug-likeness (QED) is 0.209. The molecule has 0 aliphatic rings. The standard InChI is InChI=1S/C19H16ClN5O2.C13H12N4O2/c1-11-13(8-9-22-17(11)20)4-6-15-12(2)25(19(24-15)18(21)26)14-5-7-16(27-3)23-10-14;1-4-10-8(2)17(13(16-10)12(14)18)9-5-6-11(19-3)15-7-9/h5,7-10H,1-3H3,(H2,21,26);1,5-7H,2-3H3,(H2,14,18). The molecule has 0 aliphatic carbocycles. The molecular weight excluding hydrogens is 610 g/mol. The second-order valence-electron chi connectivity index (χ2n) is 9.42. The summed E-state index contributed by atoms with van der Waals surface area (Å²) in [5.74, 6) is 8.20. The summed E-state index contributed by atoms with van der Waals surface area (Å²) in [7, 11) is 3.05. The third-order valence-corrected chi connectivity index (χ3v) is 7.01. The van der Waals surface area contributed by atoms with Gasteiger partial charge in [0, 0.05) is 29.5 Å². The third kappa shape index (κ3) is 6.80. The number of terminal acetylenes is 1. The van der Waals surface area contributed by atoms with Gasteiger partial charge in [0.05, 0.1) is 49.4 Å². The fraction of sp³-hybridized carbons (Fsp3) is 0.156. The third-order valence-electron chi connectivity index (χ3n) is 6.63. The number of aromatic nitrogens is 7. The van der Waals surface area contributed by atoms with Crippen LogP contribution in [0.2, 0.25) is 5.15 Å². The van der Waals surface area contributed by atoms with Crippen LogP contribution in [0.15, 0.2) is 48.9 Å². The van der Waals surface area contributed by atoms with Crippen molar-refractivity contribution in [2.24, 2.45) is 11.5 Å². The van der Waals surface area contributed by atoms with Gasteiger partial charge in [-0.25, -0.2) is 24.9 Å². The summed E-state index contributed by atoms with van der Waals surface area (Å²) in [5, 5.41) is 0.395.